The predicted octanol–water partition coefficient (Wildman–Crippen LogP) is 2.78. The number of nitrogens with zero attached hydrogens (tertiary/aromatic N) is 7. The Morgan fingerprint density at radius 3 is 2.35 bits per heavy atom. The molecule has 2 aromatic carbocycles. The molecular weight excluding hydrogens is 326 g/mol. The summed E-state index contributed by atoms with van der Waals surface area (Å²) < 4.78 is 3.67. The van der Waals surface area contributed by atoms with Crippen LogP contribution in [0, 0.1) is 0 Å². The molecule has 126 valence electrons. The highest BCUT2D eigenvalue weighted by molar-refractivity contribution is 5.85. The lowest BCUT2D eigenvalue weighted by molar-refractivity contribution is 0.602. The smallest absolute Gasteiger partial charge is 0.194 e. The summed E-state index contributed by atoms with van der Waals surface area (Å²) in [7, 11) is 0. The van der Waals surface area contributed by atoms with E-state index in [0.29, 0.717) is 17.7 Å². The highest BCUT2D eigenvalue weighted by atomic mass is 15.4. The minimum Gasteiger partial charge on any atom is -0.263 e. The summed E-state index contributed by atoms with van der Waals surface area (Å²) in [6.07, 6.45) is 2.61. The van der Waals surface area contributed by atoms with Crippen LogP contribution in [0.25, 0.3) is 28.2 Å². The van der Waals surface area contributed by atoms with Crippen LogP contribution < -0.4 is 0 Å². The maximum atomic E-state index is 4.56. The van der Waals surface area contributed by atoms with Gasteiger partial charge in [-0.2, -0.15) is 0 Å². The zero-order valence-corrected chi connectivity index (χ0v) is 13.9. The fraction of sp³-hybridized carbons (Fsp3) is 0.105. The third kappa shape index (κ3) is 2.41. The van der Waals surface area contributed by atoms with Gasteiger partial charge in [0.25, 0.3) is 0 Å². The second kappa shape index (κ2) is 6.03. The molecule has 7 nitrogen and oxygen atoms in total. The monoisotopic (exact) mass is 341 g/mol. The number of benzene rings is 2. The van der Waals surface area contributed by atoms with Crippen LogP contribution in [0.4, 0.5) is 0 Å². The van der Waals surface area contributed by atoms with Crippen LogP contribution in [-0.2, 0) is 13.0 Å². The van der Waals surface area contributed by atoms with Crippen molar-refractivity contribution in [2.24, 2.45) is 0 Å². The average Bonchev–Trinajstić information content (AvgIpc) is 3.31. The van der Waals surface area contributed by atoms with Crippen LogP contribution in [0.3, 0.4) is 0 Å². The molecule has 0 radical (unpaired) electrons. The van der Waals surface area contributed by atoms with Crippen LogP contribution in [0.1, 0.15) is 5.56 Å². The first kappa shape index (κ1) is 14.7. The number of aromatic nitrogens is 7. The quantitative estimate of drug-likeness (QED) is 0.502. The Morgan fingerprint density at radius 1 is 0.769 bits per heavy atom. The molecule has 0 aliphatic rings. The molecule has 0 saturated carbocycles. The summed E-state index contributed by atoms with van der Waals surface area (Å²) in [4.78, 5) is 4.56. The number of rotatable bonds is 4. The largest absolute Gasteiger partial charge is 0.263 e. The molecule has 0 saturated heterocycles. The Balaban J connectivity index is 1.54. The molecule has 0 fully saturated rings. The molecule has 0 bridgehead atoms. The third-order valence-electron chi connectivity index (χ3n) is 4.40. The first-order chi connectivity index (χ1) is 12.9. The molecule has 0 aliphatic heterocycles. The second-order valence-corrected chi connectivity index (χ2v) is 6.05. The van der Waals surface area contributed by atoms with E-state index in [-0.39, 0.29) is 0 Å². The van der Waals surface area contributed by atoms with Crippen LogP contribution in [-0.4, -0.2) is 34.6 Å². The molecule has 0 aliphatic carbocycles. The van der Waals surface area contributed by atoms with Crippen molar-refractivity contribution in [3.8, 4) is 11.4 Å². The molecule has 0 amide bonds. The lowest BCUT2D eigenvalue weighted by atomic mass is 10.1. The van der Waals surface area contributed by atoms with E-state index in [9.17, 15) is 0 Å². The number of hydrogen-bond donors (Lipinski definition) is 0. The molecule has 3 heterocycles. The van der Waals surface area contributed by atoms with Gasteiger partial charge < -0.3 is 0 Å². The van der Waals surface area contributed by atoms with Crippen LogP contribution >= 0.6 is 0 Å². The van der Waals surface area contributed by atoms with Crippen LogP contribution in [0.15, 0.2) is 67.0 Å². The van der Waals surface area contributed by atoms with Gasteiger partial charge in [0, 0.05) is 12.1 Å². The number of hydrogen-bond acceptors (Lipinski definition) is 5. The van der Waals surface area contributed by atoms with Gasteiger partial charge in [0.15, 0.2) is 22.6 Å². The molecule has 3 aromatic heterocycles. The van der Waals surface area contributed by atoms with Crippen molar-refractivity contribution in [2.45, 2.75) is 13.0 Å². The molecule has 7 heteroatoms. The lowest BCUT2D eigenvalue weighted by Gasteiger charge is -2.03. The highest BCUT2D eigenvalue weighted by Crippen LogP contribution is 2.21. The molecule has 5 rings (SSSR count). The van der Waals surface area contributed by atoms with E-state index in [1.807, 2.05) is 57.6 Å². The topological polar surface area (TPSA) is 73.8 Å². The minimum atomic E-state index is 0.662. The number of aryl methyl sites for hydroxylation is 2. The van der Waals surface area contributed by atoms with Crippen molar-refractivity contribution in [3.05, 3.63) is 72.6 Å². The molecule has 0 unspecified atom stereocenters. The first-order valence-electron chi connectivity index (χ1n) is 8.42. The first-order valence-corrected chi connectivity index (χ1v) is 8.42. The zero-order chi connectivity index (χ0) is 17.3. The van der Waals surface area contributed by atoms with Crippen LogP contribution in [0.2, 0.25) is 0 Å². The standard InChI is InChI=1S/C19H15N7/c1-3-7-14(8-4-1)11-12-26-18-16(21-24-26)19-23-22-17(25(19)13-20-18)15-9-5-2-6-10-15/h1-10,13H,11-12H2. The van der Waals surface area contributed by atoms with Crippen molar-refractivity contribution in [2.75, 3.05) is 0 Å². The SMILES string of the molecule is c1ccc(CCn2nnc3c2ncn2c(-c4ccccc4)nnc32)cc1. The molecule has 26 heavy (non-hydrogen) atoms. The van der Waals surface area contributed by atoms with Crippen molar-refractivity contribution in [1.82, 2.24) is 34.6 Å². The van der Waals surface area contributed by atoms with Gasteiger partial charge in [-0.15, -0.1) is 15.3 Å². The van der Waals surface area contributed by atoms with Gasteiger partial charge >= 0.3 is 0 Å². The van der Waals surface area contributed by atoms with Gasteiger partial charge in [0.2, 0.25) is 0 Å². The molecule has 0 atom stereocenters. The lowest BCUT2D eigenvalue weighted by Crippen LogP contribution is -2.04. The Labute approximate surface area is 148 Å². The zero-order valence-electron chi connectivity index (χ0n) is 13.9. The van der Waals surface area contributed by atoms with E-state index < -0.39 is 0 Å². The second-order valence-electron chi connectivity index (χ2n) is 6.05. The molecule has 5 aromatic rings. The van der Waals surface area contributed by atoms with Crippen molar-refractivity contribution in [1.29, 1.82) is 0 Å². The predicted molar refractivity (Wildman–Crippen MR) is 97.5 cm³/mol. The van der Waals surface area contributed by atoms with Crippen LogP contribution in [0.5, 0.6) is 0 Å². The van der Waals surface area contributed by atoms with Crippen molar-refractivity contribution >= 4 is 16.8 Å². The van der Waals surface area contributed by atoms with E-state index in [4.69, 9.17) is 0 Å². The minimum absolute atomic E-state index is 0.662. The summed E-state index contributed by atoms with van der Waals surface area (Å²) in [5.41, 5.74) is 4.29. The fourth-order valence-corrected chi connectivity index (χ4v) is 3.07. The van der Waals surface area contributed by atoms with Gasteiger partial charge in [0.05, 0.1) is 0 Å². The Morgan fingerprint density at radius 2 is 1.54 bits per heavy atom. The van der Waals surface area contributed by atoms with Crippen molar-refractivity contribution < 1.29 is 0 Å². The Kier molecular flexibility index (Phi) is 3.41. The van der Waals surface area contributed by atoms with Gasteiger partial charge in [-0.25, -0.2) is 9.67 Å². The fourth-order valence-electron chi connectivity index (χ4n) is 3.07. The van der Waals surface area contributed by atoms with Gasteiger partial charge in [-0.1, -0.05) is 65.9 Å². The maximum absolute atomic E-state index is 4.56. The molecule has 0 spiro atoms. The highest BCUT2D eigenvalue weighted by Gasteiger charge is 2.15. The van der Waals surface area contributed by atoms with Gasteiger partial charge in [0.1, 0.15) is 6.33 Å². The van der Waals surface area contributed by atoms with Crippen molar-refractivity contribution in [3.63, 3.8) is 0 Å². The normalized spacial score (nSPS) is 11.4. The van der Waals surface area contributed by atoms with E-state index in [2.05, 4.69) is 37.6 Å². The van der Waals surface area contributed by atoms with E-state index in [1.165, 1.54) is 5.56 Å². The average molecular weight is 341 g/mol. The Bertz CT molecular complexity index is 1180. The summed E-state index contributed by atoms with van der Waals surface area (Å²) in [5, 5.41) is 17.2. The van der Waals surface area contributed by atoms with E-state index in [0.717, 1.165) is 23.5 Å². The van der Waals surface area contributed by atoms with E-state index >= 15 is 0 Å². The molecule has 0 N–H and O–H groups in total. The van der Waals surface area contributed by atoms with E-state index in [1.54, 1.807) is 6.33 Å². The summed E-state index contributed by atoms with van der Waals surface area (Å²) in [6, 6.07) is 20.2. The number of fused-ring (bicyclic) bond motifs is 3. The summed E-state index contributed by atoms with van der Waals surface area (Å²) >= 11 is 0. The summed E-state index contributed by atoms with van der Waals surface area (Å²) in [5.74, 6) is 0.744. The van der Waals surface area contributed by atoms with Gasteiger partial charge in [-0.05, 0) is 12.0 Å². The molecular formula is C19H15N7. The maximum Gasteiger partial charge on any atom is 0.194 e. The summed E-state index contributed by atoms with van der Waals surface area (Å²) in [6.45, 7) is 0.712. The Hall–Kier alpha value is -3.61. The van der Waals surface area contributed by atoms with Gasteiger partial charge in [-0.3, -0.25) is 4.40 Å². The third-order valence-corrected chi connectivity index (χ3v) is 4.40.